The Kier molecular flexibility index (Phi) is 13.2. The normalized spacial score (nSPS) is 23.8. The highest BCUT2D eigenvalue weighted by Gasteiger charge is 2.41. The van der Waals surface area contributed by atoms with Crippen LogP contribution in [-0.4, -0.2) is 53.3 Å². The molecule has 0 radical (unpaired) electrons. The number of methoxy groups -OCH3 is 3. The summed E-state index contributed by atoms with van der Waals surface area (Å²) >= 11 is 0. The van der Waals surface area contributed by atoms with Gasteiger partial charge in [0.05, 0.1) is 36.4 Å². The molecule has 0 amide bonds. The summed E-state index contributed by atoms with van der Waals surface area (Å²) in [6.45, 7) is 12.8. The van der Waals surface area contributed by atoms with Crippen LogP contribution >= 0.6 is 0 Å². The average molecular weight is 664 g/mol. The summed E-state index contributed by atoms with van der Waals surface area (Å²) in [6, 6.07) is 12.5. The van der Waals surface area contributed by atoms with Crippen molar-refractivity contribution in [1.82, 2.24) is 13.7 Å². The van der Waals surface area contributed by atoms with Gasteiger partial charge >= 0.3 is 0 Å². The molecule has 3 aromatic rings. The minimum atomic E-state index is 0.153. The van der Waals surface area contributed by atoms with Gasteiger partial charge < -0.3 is 27.9 Å². The van der Waals surface area contributed by atoms with E-state index in [0.717, 1.165) is 55.2 Å². The molecule has 0 N–H and O–H groups in total. The first-order valence-corrected chi connectivity index (χ1v) is 17.6. The minimum absolute atomic E-state index is 0.153. The van der Waals surface area contributed by atoms with E-state index in [1.54, 1.807) is 21.3 Å². The fourth-order valence-corrected chi connectivity index (χ4v) is 6.36. The van der Waals surface area contributed by atoms with E-state index in [1.807, 2.05) is 68.7 Å². The lowest BCUT2D eigenvalue weighted by atomic mass is 10.0. The molecular formula is C39H57N3O6. The second-order valence-corrected chi connectivity index (χ2v) is 14.8. The van der Waals surface area contributed by atoms with Crippen LogP contribution in [0.5, 0.6) is 0 Å². The van der Waals surface area contributed by atoms with Crippen LogP contribution in [0, 0.1) is 17.8 Å². The molecule has 0 aromatic carbocycles. The van der Waals surface area contributed by atoms with Crippen molar-refractivity contribution in [1.29, 1.82) is 0 Å². The smallest absolute Gasteiger partial charge is 0.254 e. The molecule has 0 saturated heterocycles. The van der Waals surface area contributed by atoms with Gasteiger partial charge in [0.15, 0.2) is 0 Å². The number of ether oxygens (including phenoxy) is 3. The van der Waals surface area contributed by atoms with E-state index < -0.39 is 0 Å². The Morgan fingerprint density at radius 1 is 0.521 bits per heavy atom. The summed E-state index contributed by atoms with van der Waals surface area (Å²) in [5.74, 6) is 1.54. The van der Waals surface area contributed by atoms with Crippen molar-refractivity contribution in [3.05, 3.63) is 103 Å². The maximum Gasteiger partial charge on any atom is 0.254 e. The van der Waals surface area contributed by atoms with Gasteiger partial charge in [-0.15, -0.1) is 0 Å². The largest absolute Gasteiger partial charge is 0.379 e. The van der Waals surface area contributed by atoms with Gasteiger partial charge in [0.2, 0.25) is 0 Å². The standard InChI is InChI=1S/3C13H19NO2/c3*1-9(2)7-10-5-4-6-14(13(10)15)11-8-12(11)16-3/h3*4-6,9,11-12H,7-8H2,1-3H3/t2*11-,12-;/m10./s1. The Labute approximate surface area is 285 Å². The highest BCUT2D eigenvalue weighted by molar-refractivity contribution is 5.16. The lowest BCUT2D eigenvalue weighted by molar-refractivity contribution is 0.169. The third-order valence-electron chi connectivity index (χ3n) is 9.12. The first kappa shape index (κ1) is 37.5. The van der Waals surface area contributed by atoms with E-state index in [0.29, 0.717) is 17.8 Å². The van der Waals surface area contributed by atoms with Crippen LogP contribution in [0.2, 0.25) is 0 Å². The molecule has 264 valence electrons. The predicted octanol–water partition coefficient (Wildman–Crippen LogP) is 6.02. The number of pyridine rings is 3. The van der Waals surface area contributed by atoms with Gasteiger partial charge in [-0.2, -0.15) is 0 Å². The van der Waals surface area contributed by atoms with Crippen LogP contribution in [0.25, 0.3) is 0 Å². The molecule has 48 heavy (non-hydrogen) atoms. The van der Waals surface area contributed by atoms with E-state index in [1.165, 1.54) is 0 Å². The van der Waals surface area contributed by atoms with E-state index in [9.17, 15) is 14.4 Å². The number of rotatable bonds is 12. The van der Waals surface area contributed by atoms with Gasteiger partial charge in [-0.25, -0.2) is 0 Å². The molecule has 9 nitrogen and oxygen atoms in total. The summed E-state index contributed by atoms with van der Waals surface area (Å²) in [4.78, 5) is 36.5. The molecule has 0 bridgehead atoms. The van der Waals surface area contributed by atoms with Gasteiger partial charge in [-0.1, -0.05) is 59.7 Å². The molecule has 2 unspecified atom stereocenters. The SMILES string of the molecule is COC1CC1n1cccc(CC(C)C)c1=O.CO[C@@H]1C[C@H]1n1cccc(CC(C)C)c1=O.CO[C@H]1C[C@@H]1n1cccc(CC(C)C)c1=O. The average Bonchev–Trinajstić information content (AvgIpc) is 3.93. The van der Waals surface area contributed by atoms with E-state index >= 15 is 0 Å². The van der Waals surface area contributed by atoms with Crippen LogP contribution in [0.15, 0.2) is 69.4 Å². The van der Waals surface area contributed by atoms with Crippen molar-refractivity contribution in [3.63, 3.8) is 0 Å². The molecule has 3 aromatic heterocycles. The maximum atomic E-state index is 12.2. The molecule has 9 heteroatoms. The molecule has 3 saturated carbocycles. The Morgan fingerprint density at radius 2 is 0.771 bits per heavy atom. The topological polar surface area (TPSA) is 93.7 Å². The van der Waals surface area contributed by atoms with Crippen molar-refractivity contribution >= 4 is 0 Å². The number of nitrogens with zero attached hydrogens (tertiary/aromatic N) is 3. The van der Waals surface area contributed by atoms with Crippen molar-refractivity contribution in [3.8, 4) is 0 Å². The lowest BCUT2D eigenvalue weighted by Crippen LogP contribution is -2.24. The molecule has 0 spiro atoms. The van der Waals surface area contributed by atoms with Gasteiger partial charge in [0.25, 0.3) is 16.7 Å². The summed E-state index contributed by atoms with van der Waals surface area (Å²) in [7, 11) is 5.11. The van der Waals surface area contributed by atoms with Crippen molar-refractivity contribution in [2.45, 2.75) is 117 Å². The zero-order valence-electron chi connectivity index (χ0n) is 30.4. The van der Waals surface area contributed by atoms with Gasteiger partial charge in [-0.05, 0) is 74.5 Å². The molecule has 3 fully saturated rings. The molecule has 0 aliphatic heterocycles. The van der Waals surface area contributed by atoms with E-state index in [2.05, 4.69) is 41.5 Å². The molecule has 3 heterocycles. The summed E-state index contributed by atoms with van der Waals surface area (Å²) in [5, 5.41) is 0. The van der Waals surface area contributed by atoms with Crippen LogP contribution in [0.3, 0.4) is 0 Å². The molecular weight excluding hydrogens is 606 g/mol. The monoisotopic (exact) mass is 663 g/mol. The highest BCUT2D eigenvalue weighted by Crippen LogP contribution is 2.38. The third-order valence-corrected chi connectivity index (χ3v) is 9.12. The minimum Gasteiger partial charge on any atom is -0.379 e. The van der Waals surface area contributed by atoms with Crippen molar-refractivity contribution in [2.24, 2.45) is 17.8 Å². The Hall–Kier alpha value is -3.27. The highest BCUT2D eigenvalue weighted by atomic mass is 16.5. The fourth-order valence-electron chi connectivity index (χ4n) is 6.36. The summed E-state index contributed by atoms with van der Waals surface area (Å²) < 4.78 is 21.2. The second kappa shape index (κ2) is 16.9. The molecule has 6 atom stereocenters. The Morgan fingerprint density at radius 3 is 0.958 bits per heavy atom. The van der Waals surface area contributed by atoms with Gasteiger partial charge in [0.1, 0.15) is 0 Å². The van der Waals surface area contributed by atoms with E-state index in [-0.39, 0.29) is 53.1 Å². The Balaban J connectivity index is 0.000000163. The first-order chi connectivity index (χ1) is 22.9. The lowest BCUT2D eigenvalue weighted by Gasteiger charge is -2.08. The van der Waals surface area contributed by atoms with Crippen LogP contribution in [0.4, 0.5) is 0 Å². The van der Waals surface area contributed by atoms with Gasteiger partial charge in [-0.3, -0.25) is 14.4 Å². The van der Waals surface area contributed by atoms with E-state index in [4.69, 9.17) is 14.2 Å². The summed E-state index contributed by atoms with van der Waals surface area (Å²) in [5.41, 5.74) is 3.21. The van der Waals surface area contributed by atoms with Gasteiger partial charge in [0, 0.05) is 56.6 Å². The fraction of sp³-hybridized carbons (Fsp3) is 0.615. The quantitative estimate of drug-likeness (QED) is 0.235. The maximum absolute atomic E-state index is 12.2. The number of hydrogen-bond donors (Lipinski definition) is 0. The summed E-state index contributed by atoms with van der Waals surface area (Å²) in [6.07, 6.45) is 11.7. The van der Waals surface area contributed by atoms with Crippen LogP contribution < -0.4 is 16.7 Å². The van der Waals surface area contributed by atoms with Crippen LogP contribution in [0.1, 0.15) is 95.6 Å². The predicted molar refractivity (Wildman–Crippen MR) is 191 cm³/mol. The van der Waals surface area contributed by atoms with Crippen molar-refractivity contribution < 1.29 is 14.2 Å². The second-order valence-electron chi connectivity index (χ2n) is 14.8. The first-order valence-electron chi connectivity index (χ1n) is 17.6. The van der Waals surface area contributed by atoms with Crippen LogP contribution in [-0.2, 0) is 33.5 Å². The number of aromatic nitrogens is 3. The zero-order chi connectivity index (χ0) is 35.1. The Bertz CT molecular complexity index is 1460. The number of hydrogen-bond acceptors (Lipinski definition) is 6. The zero-order valence-corrected chi connectivity index (χ0v) is 30.4. The van der Waals surface area contributed by atoms with Crippen molar-refractivity contribution in [2.75, 3.05) is 21.3 Å². The molecule has 3 aliphatic carbocycles. The molecule has 6 rings (SSSR count). The molecule has 3 aliphatic rings. The third kappa shape index (κ3) is 9.89.